The first-order valence-corrected chi connectivity index (χ1v) is 5.67. The molecule has 2 fully saturated rings. The number of hydrogen-bond acceptors (Lipinski definition) is 2. The number of rotatable bonds is 4. The van der Waals surface area contributed by atoms with Crippen molar-refractivity contribution in [3.8, 4) is 0 Å². The Morgan fingerprint density at radius 1 is 1.46 bits per heavy atom. The predicted octanol–water partition coefficient (Wildman–Crippen LogP) is 1.47. The Kier molecular flexibility index (Phi) is 2.61. The lowest BCUT2D eigenvalue weighted by Crippen LogP contribution is -2.38. The van der Waals surface area contributed by atoms with Gasteiger partial charge in [0, 0.05) is 19.1 Å². The summed E-state index contributed by atoms with van der Waals surface area (Å²) in [5.41, 5.74) is 0.595. The molecule has 0 spiro atoms. The van der Waals surface area contributed by atoms with Gasteiger partial charge in [0.1, 0.15) is 0 Å². The van der Waals surface area contributed by atoms with Crippen molar-refractivity contribution >= 4 is 0 Å². The fourth-order valence-electron chi connectivity index (χ4n) is 2.52. The quantitative estimate of drug-likeness (QED) is 0.708. The first-order chi connectivity index (χ1) is 6.26. The van der Waals surface area contributed by atoms with Crippen LogP contribution < -0.4 is 5.32 Å². The van der Waals surface area contributed by atoms with Gasteiger partial charge in [-0.1, -0.05) is 6.92 Å². The first kappa shape index (κ1) is 9.47. The molecular weight excluding hydrogens is 160 g/mol. The Bertz CT molecular complexity index is 169. The lowest BCUT2D eigenvalue weighted by molar-refractivity contribution is 0.179. The monoisotopic (exact) mass is 182 g/mol. The molecule has 1 saturated heterocycles. The van der Waals surface area contributed by atoms with E-state index >= 15 is 0 Å². The van der Waals surface area contributed by atoms with Crippen LogP contribution in [0.3, 0.4) is 0 Å². The molecule has 1 N–H and O–H groups in total. The zero-order chi connectivity index (χ0) is 9.31. The molecule has 0 radical (unpaired) electrons. The van der Waals surface area contributed by atoms with E-state index in [2.05, 4.69) is 24.2 Å². The van der Waals surface area contributed by atoms with Crippen LogP contribution in [0.15, 0.2) is 0 Å². The molecule has 1 saturated carbocycles. The highest BCUT2D eigenvalue weighted by atomic mass is 15.2. The highest BCUT2D eigenvalue weighted by Crippen LogP contribution is 2.34. The molecule has 0 aromatic heterocycles. The summed E-state index contributed by atoms with van der Waals surface area (Å²) >= 11 is 0. The van der Waals surface area contributed by atoms with E-state index in [1.165, 1.54) is 45.3 Å². The van der Waals surface area contributed by atoms with Gasteiger partial charge >= 0.3 is 0 Å². The number of nitrogens with zero attached hydrogens (tertiary/aromatic N) is 1. The minimum absolute atomic E-state index is 0.595. The van der Waals surface area contributed by atoms with Crippen LogP contribution >= 0.6 is 0 Å². The SMILES string of the molecule is CCC1(CN(C)C2CC2)CCNC1. The molecule has 0 amide bonds. The maximum Gasteiger partial charge on any atom is 0.00936 e. The van der Waals surface area contributed by atoms with Gasteiger partial charge in [-0.25, -0.2) is 0 Å². The van der Waals surface area contributed by atoms with Crippen LogP contribution in [0.4, 0.5) is 0 Å². The second-order valence-corrected chi connectivity index (χ2v) is 4.93. The van der Waals surface area contributed by atoms with Crippen LogP contribution in [-0.2, 0) is 0 Å². The largest absolute Gasteiger partial charge is 0.316 e. The summed E-state index contributed by atoms with van der Waals surface area (Å²) in [7, 11) is 2.30. The molecule has 2 nitrogen and oxygen atoms in total. The van der Waals surface area contributed by atoms with Crippen molar-refractivity contribution in [2.75, 3.05) is 26.7 Å². The van der Waals surface area contributed by atoms with E-state index in [1.54, 1.807) is 0 Å². The lowest BCUT2D eigenvalue weighted by atomic mass is 9.84. The summed E-state index contributed by atoms with van der Waals surface area (Å²) in [6.45, 7) is 6.11. The molecule has 1 unspecified atom stereocenters. The second kappa shape index (κ2) is 3.58. The zero-order valence-corrected chi connectivity index (χ0v) is 8.97. The van der Waals surface area contributed by atoms with Gasteiger partial charge in [0.05, 0.1) is 0 Å². The van der Waals surface area contributed by atoms with Crippen molar-refractivity contribution in [1.29, 1.82) is 0 Å². The summed E-state index contributed by atoms with van der Waals surface area (Å²) in [4.78, 5) is 2.58. The van der Waals surface area contributed by atoms with E-state index in [0.717, 1.165) is 6.04 Å². The van der Waals surface area contributed by atoms with Gasteiger partial charge < -0.3 is 10.2 Å². The number of nitrogens with one attached hydrogen (secondary N) is 1. The summed E-state index contributed by atoms with van der Waals surface area (Å²) in [5.74, 6) is 0. The van der Waals surface area contributed by atoms with Gasteiger partial charge in [-0.05, 0) is 44.7 Å². The Morgan fingerprint density at radius 3 is 2.69 bits per heavy atom. The average molecular weight is 182 g/mol. The van der Waals surface area contributed by atoms with Crippen LogP contribution in [0.25, 0.3) is 0 Å². The van der Waals surface area contributed by atoms with Crippen LogP contribution in [0.2, 0.25) is 0 Å². The smallest absolute Gasteiger partial charge is 0.00936 e. The van der Waals surface area contributed by atoms with E-state index in [-0.39, 0.29) is 0 Å². The van der Waals surface area contributed by atoms with Crippen molar-refractivity contribution in [1.82, 2.24) is 10.2 Å². The molecular formula is C11H22N2. The minimum atomic E-state index is 0.595. The Labute approximate surface area is 81.7 Å². The molecule has 0 aromatic rings. The Hall–Kier alpha value is -0.0800. The van der Waals surface area contributed by atoms with Gasteiger partial charge in [0.2, 0.25) is 0 Å². The van der Waals surface area contributed by atoms with E-state index in [1.807, 2.05) is 0 Å². The van der Waals surface area contributed by atoms with Crippen molar-refractivity contribution in [2.45, 2.75) is 38.6 Å². The van der Waals surface area contributed by atoms with Crippen molar-refractivity contribution in [3.63, 3.8) is 0 Å². The normalized spacial score (nSPS) is 34.4. The first-order valence-electron chi connectivity index (χ1n) is 5.67. The molecule has 1 heterocycles. The molecule has 1 aliphatic carbocycles. The predicted molar refractivity (Wildman–Crippen MR) is 55.9 cm³/mol. The molecule has 76 valence electrons. The fourth-order valence-corrected chi connectivity index (χ4v) is 2.52. The van der Waals surface area contributed by atoms with E-state index in [4.69, 9.17) is 0 Å². The number of hydrogen-bond donors (Lipinski definition) is 1. The maximum atomic E-state index is 3.50. The van der Waals surface area contributed by atoms with Crippen molar-refractivity contribution in [3.05, 3.63) is 0 Å². The van der Waals surface area contributed by atoms with Crippen molar-refractivity contribution in [2.24, 2.45) is 5.41 Å². The van der Waals surface area contributed by atoms with Crippen molar-refractivity contribution < 1.29 is 0 Å². The highest BCUT2D eigenvalue weighted by molar-refractivity contribution is 4.92. The third-order valence-electron chi connectivity index (χ3n) is 3.84. The van der Waals surface area contributed by atoms with E-state index in [9.17, 15) is 0 Å². The molecule has 0 bridgehead atoms. The molecule has 2 rings (SSSR count). The zero-order valence-electron chi connectivity index (χ0n) is 8.97. The van der Waals surface area contributed by atoms with Crippen LogP contribution in [-0.4, -0.2) is 37.6 Å². The molecule has 2 heteroatoms. The minimum Gasteiger partial charge on any atom is -0.316 e. The van der Waals surface area contributed by atoms with Crippen LogP contribution in [0.1, 0.15) is 32.6 Å². The summed E-state index contributed by atoms with van der Waals surface area (Å²) in [6, 6.07) is 0.920. The second-order valence-electron chi connectivity index (χ2n) is 4.93. The summed E-state index contributed by atoms with van der Waals surface area (Å²) in [5, 5.41) is 3.50. The third-order valence-corrected chi connectivity index (χ3v) is 3.84. The molecule has 0 aromatic carbocycles. The highest BCUT2D eigenvalue weighted by Gasteiger charge is 2.36. The van der Waals surface area contributed by atoms with Gasteiger partial charge in [0.15, 0.2) is 0 Å². The van der Waals surface area contributed by atoms with Gasteiger partial charge in [-0.15, -0.1) is 0 Å². The fraction of sp³-hybridized carbons (Fsp3) is 1.00. The topological polar surface area (TPSA) is 15.3 Å². The third kappa shape index (κ3) is 2.05. The van der Waals surface area contributed by atoms with E-state index < -0.39 is 0 Å². The average Bonchev–Trinajstić information content (AvgIpc) is 2.89. The lowest BCUT2D eigenvalue weighted by Gasteiger charge is -2.32. The van der Waals surface area contributed by atoms with Crippen LogP contribution in [0, 0.1) is 5.41 Å². The molecule has 1 atom stereocenters. The van der Waals surface area contributed by atoms with E-state index in [0.29, 0.717) is 5.41 Å². The maximum absolute atomic E-state index is 3.50. The Balaban J connectivity index is 1.88. The molecule has 13 heavy (non-hydrogen) atoms. The standard InChI is InChI=1S/C11H22N2/c1-3-11(6-7-12-8-11)9-13(2)10-4-5-10/h10,12H,3-9H2,1-2H3. The Morgan fingerprint density at radius 2 is 2.23 bits per heavy atom. The molecule has 2 aliphatic rings. The molecule has 1 aliphatic heterocycles. The van der Waals surface area contributed by atoms with Gasteiger partial charge in [0.25, 0.3) is 0 Å². The summed E-state index contributed by atoms with van der Waals surface area (Å²) < 4.78 is 0. The van der Waals surface area contributed by atoms with Gasteiger partial charge in [-0.2, -0.15) is 0 Å². The summed E-state index contributed by atoms with van der Waals surface area (Å²) in [6.07, 6.45) is 5.57. The van der Waals surface area contributed by atoms with Crippen LogP contribution in [0.5, 0.6) is 0 Å². The van der Waals surface area contributed by atoms with Gasteiger partial charge in [-0.3, -0.25) is 0 Å².